The van der Waals surface area contributed by atoms with Gasteiger partial charge in [0.05, 0.1) is 0 Å². The van der Waals surface area contributed by atoms with E-state index >= 15 is 0 Å². The lowest BCUT2D eigenvalue weighted by molar-refractivity contribution is 0.173. The van der Waals surface area contributed by atoms with Crippen LogP contribution in [-0.4, -0.2) is 12.8 Å². The van der Waals surface area contributed by atoms with Crippen LogP contribution in [0.5, 0.6) is 0 Å². The molecule has 0 aliphatic carbocycles. The molecule has 0 fully saturated rings. The normalized spacial score (nSPS) is 11.6. The second kappa shape index (κ2) is 7.36. The molecule has 0 amide bonds. The van der Waals surface area contributed by atoms with Gasteiger partial charge in [-0.2, -0.15) is 0 Å². The van der Waals surface area contributed by atoms with Gasteiger partial charge in [-0.05, 0) is 19.3 Å². The largest absolute Gasteiger partial charge is 0.392 e. The predicted molar refractivity (Wildman–Crippen MR) is 62.5 cm³/mol. The number of unbranched alkanes of at least 4 members (excludes halogenated alkanes) is 1. The van der Waals surface area contributed by atoms with Gasteiger partial charge in [0.2, 0.25) is 0 Å². The summed E-state index contributed by atoms with van der Waals surface area (Å²) in [7, 11) is 0. The molecule has 0 radical (unpaired) electrons. The molecule has 0 N–H and O–H groups in total. The van der Waals surface area contributed by atoms with Gasteiger partial charge in [-0.15, -0.1) is 6.58 Å². The van der Waals surface area contributed by atoms with Crippen LogP contribution in [0.3, 0.4) is 0 Å². The predicted octanol–water partition coefficient (Wildman–Crippen LogP) is 3.56. The zero-order chi connectivity index (χ0) is 10.9. The van der Waals surface area contributed by atoms with Crippen LogP contribution in [0.15, 0.2) is 30.5 Å². The molecule has 0 aromatic carbocycles. The standard InChI is InChI=1S/C12H21NO/c1-5-7-8-9-12(3,4)11-13-14-10-6-2/h5-6,11H,1-2,7-10H2,3-4H3/b13-11+. The molecule has 0 aliphatic heterocycles. The average molecular weight is 195 g/mol. The molecule has 0 aliphatic rings. The lowest BCUT2D eigenvalue weighted by Crippen LogP contribution is -2.13. The minimum absolute atomic E-state index is 0.101. The molecule has 0 unspecified atom stereocenters. The molecule has 0 heterocycles. The number of oxime groups is 1. The van der Waals surface area contributed by atoms with E-state index in [4.69, 9.17) is 4.84 Å². The van der Waals surface area contributed by atoms with Crippen LogP contribution in [-0.2, 0) is 4.84 Å². The number of nitrogens with zero attached hydrogens (tertiary/aromatic N) is 1. The summed E-state index contributed by atoms with van der Waals surface area (Å²) in [6, 6.07) is 0. The molecule has 0 bridgehead atoms. The van der Waals surface area contributed by atoms with Gasteiger partial charge in [-0.25, -0.2) is 0 Å². The van der Waals surface area contributed by atoms with Crippen LogP contribution in [0.1, 0.15) is 33.1 Å². The van der Waals surface area contributed by atoms with Gasteiger partial charge in [0.25, 0.3) is 0 Å². The maximum Gasteiger partial charge on any atom is 0.135 e. The van der Waals surface area contributed by atoms with Crippen LogP contribution in [0, 0.1) is 5.41 Å². The van der Waals surface area contributed by atoms with E-state index in [1.165, 1.54) is 0 Å². The van der Waals surface area contributed by atoms with E-state index in [0.29, 0.717) is 6.61 Å². The van der Waals surface area contributed by atoms with E-state index < -0.39 is 0 Å². The minimum Gasteiger partial charge on any atom is -0.392 e. The van der Waals surface area contributed by atoms with Crippen molar-refractivity contribution >= 4 is 6.21 Å². The summed E-state index contributed by atoms with van der Waals surface area (Å²) >= 11 is 0. The average Bonchev–Trinajstić information content (AvgIpc) is 2.13. The Labute approximate surface area is 87.3 Å². The van der Waals surface area contributed by atoms with Crippen molar-refractivity contribution in [2.24, 2.45) is 10.6 Å². The maximum absolute atomic E-state index is 4.96. The van der Waals surface area contributed by atoms with Crippen molar-refractivity contribution in [2.45, 2.75) is 33.1 Å². The molecular formula is C12H21NO. The first kappa shape index (κ1) is 12.9. The molecule has 0 aromatic heterocycles. The fraction of sp³-hybridized carbons (Fsp3) is 0.583. The quantitative estimate of drug-likeness (QED) is 0.251. The molecule has 0 saturated heterocycles. The van der Waals surface area contributed by atoms with Gasteiger partial charge in [-0.3, -0.25) is 0 Å². The third-order valence-corrected chi connectivity index (χ3v) is 1.90. The highest BCUT2D eigenvalue weighted by molar-refractivity contribution is 5.63. The smallest absolute Gasteiger partial charge is 0.135 e. The fourth-order valence-electron chi connectivity index (χ4n) is 1.04. The van der Waals surface area contributed by atoms with Gasteiger partial charge < -0.3 is 4.84 Å². The first-order chi connectivity index (χ1) is 6.62. The summed E-state index contributed by atoms with van der Waals surface area (Å²) in [5.41, 5.74) is 0.101. The van der Waals surface area contributed by atoms with Crippen molar-refractivity contribution in [2.75, 3.05) is 6.61 Å². The monoisotopic (exact) mass is 195 g/mol. The number of hydrogen-bond donors (Lipinski definition) is 0. The summed E-state index contributed by atoms with van der Waals surface area (Å²) in [5, 5.41) is 3.89. The topological polar surface area (TPSA) is 21.6 Å². The molecule has 0 spiro atoms. The zero-order valence-electron chi connectivity index (χ0n) is 9.33. The highest BCUT2D eigenvalue weighted by atomic mass is 16.6. The first-order valence-electron chi connectivity index (χ1n) is 5.00. The lowest BCUT2D eigenvalue weighted by Gasteiger charge is -2.17. The number of hydrogen-bond acceptors (Lipinski definition) is 2. The van der Waals surface area contributed by atoms with Crippen molar-refractivity contribution in [1.29, 1.82) is 0 Å². The van der Waals surface area contributed by atoms with Crippen molar-refractivity contribution in [1.82, 2.24) is 0 Å². The van der Waals surface area contributed by atoms with Crippen molar-refractivity contribution < 1.29 is 4.84 Å². The second-order valence-corrected chi connectivity index (χ2v) is 3.99. The van der Waals surface area contributed by atoms with Gasteiger partial charge in [0.1, 0.15) is 6.61 Å². The molecule has 14 heavy (non-hydrogen) atoms. The Morgan fingerprint density at radius 3 is 2.57 bits per heavy atom. The van der Waals surface area contributed by atoms with Gasteiger partial charge >= 0.3 is 0 Å². The molecule has 0 saturated carbocycles. The molecule has 80 valence electrons. The Bertz CT molecular complexity index is 194. The van der Waals surface area contributed by atoms with Crippen LogP contribution in [0.2, 0.25) is 0 Å². The van der Waals surface area contributed by atoms with Gasteiger partial charge in [-0.1, -0.05) is 37.7 Å². The van der Waals surface area contributed by atoms with Gasteiger partial charge in [0.15, 0.2) is 0 Å². The lowest BCUT2D eigenvalue weighted by atomic mass is 9.89. The van der Waals surface area contributed by atoms with E-state index in [-0.39, 0.29) is 5.41 Å². The summed E-state index contributed by atoms with van der Waals surface area (Å²) in [5.74, 6) is 0. The van der Waals surface area contributed by atoms with Crippen molar-refractivity contribution in [3.05, 3.63) is 25.3 Å². The summed E-state index contributed by atoms with van der Waals surface area (Å²) in [6.07, 6.45) is 8.79. The van der Waals surface area contributed by atoms with Crippen molar-refractivity contribution in [3.8, 4) is 0 Å². The Hall–Kier alpha value is -1.05. The zero-order valence-corrected chi connectivity index (χ0v) is 9.33. The van der Waals surface area contributed by atoms with Crippen LogP contribution in [0.4, 0.5) is 0 Å². The Balaban J connectivity index is 3.74. The second-order valence-electron chi connectivity index (χ2n) is 3.99. The minimum atomic E-state index is 0.101. The van der Waals surface area contributed by atoms with E-state index in [9.17, 15) is 0 Å². The third-order valence-electron chi connectivity index (χ3n) is 1.90. The summed E-state index contributed by atoms with van der Waals surface area (Å²) < 4.78 is 0. The summed E-state index contributed by atoms with van der Waals surface area (Å²) in [6.45, 7) is 12.0. The van der Waals surface area contributed by atoms with Crippen molar-refractivity contribution in [3.63, 3.8) is 0 Å². The van der Waals surface area contributed by atoms with E-state index in [1.54, 1.807) is 6.08 Å². The molecule has 2 heteroatoms. The maximum atomic E-state index is 4.96. The SMILES string of the molecule is C=CCCCC(C)(C)/C=N/OCC=C. The fourth-order valence-corrected chi connectivity index (χ4v) is 1.04. The number of rotatable bonds is 8. The highest BCUT2D eigenvalue weighted by Gasteiger charge is 2.13. The molecule has 0 atom stereocenters. The first-order valence-corrected chi connectivity index (χ1v) is 5.00. The third kappa shape index (κ3) is 7.59. The van der Waals surface area contributed by atoms with E-state index in [1.807, 2.05) is 12.3 Å². The van der Waals surface area contributed by atoms with Crippen LogP contribution < -0.4 is 0 Å². The Kier molecular flexibility index (Phi) is 6.81. The molecule has 0 rings (SSSR count). The van der Waals surface area contributed by atoms with E-state index in [2.05, 4.69) is 32.2 Å². The van der Waals surface area contributed by atoms with Crippen LogP contribution in [0.25, 0.3) is 0 Å². The Morgan fingerprint density at radius 2 is 2.00 bits per heavy atom. The Morgan fingerprint density at radius 1 is 1.29 bits per heavy atom. The number of allylic oxidation sites excluding steroid dienone is 1. The molecule has 2 nitrogen and oxygen atoms in total. The van der Waals surface area contributed by atoms with Gasteiger partial charge in [0, 0.05) is 11.6 Å². The van der Waals surface area contributed by atoms with Crippen LogP contribution >= 0.6 is 0 Å². The molecular weight excluding hydrogens is 174 g/mol. The molecule has 0 aromatic rings. The van der Waals surface area contributed by atoms with E-state index in [0.717, 1.165) is 19.3 Å². The summed E-state index contributed by atoms with van der Waals surface area (Å²) in [4.78, 5) is 4.96. The highest BCUT2D eigenvalue weighted by Crippen LogP contribution is 2.20.